The number of piperidine rings is 1. The Bertz CT molecular complexity index is 466. The van der Waals surface area contributed by atoms with Crippen molar-refractivity contribution < 1.29 is 9.90 Å². The maximum absolute atomic E-state index is 12.3. The highest BCUT2D eigenvalue weighted by molar-refractivity contribution is 7.10. The molecule has 5 heteroatoms. The van der Waals surface area contributed by atoms with Gasteiger partial charge in [-0.25, -0.2) is 0 Å². The monoisotopic (exact) mass is 294 g/mol. The maximum Gasteiger partial charge on any atom is 0.224 e. The molecule has 0 saturated carbocycles. The zero-order chi connectivity index (χ0) is 13.9. The van der Waals surface area contributed by atoms with E-state index >= 15 is 0 Å². The second-order valence-electron chi connectivity index (χ2n) is 5.76. The number of fused-ring (bicyclic) bond motifs is 1. The zero-order valence-corrected chi connectivity index (χ0v) is 12.6. The van der Waals surface area contributed by atoms with Crippen LogP contribution in [0.4, 0.5) is 0 Å². The second-order valence-corrected chi connectivity index (χ2v) is 6.76. The van der Waals surface area contributed by atoms with Gasteiger partial charge < -0.3 is 14.9 Å². The van der Waals surface area contributed by atoms with Crippen LogP contribution in [0.5, 0.6) is 0 Å². The van der Waals surface area contributed by atoms with E-state index in [0.29, 0.717) is 6.42 Å². The van der Waals surface area contributed by atoms with E-state index in [9.17, 15) is 9.90 Å². The molecule has 20 heavy (non-hydrogen) atoms. The van der Waals surface area contributed by atoms with Crippen molar-refractivity contribution in [1.29, 1.82) is 0 Å². The highest BCUT2D eigenvalue weighted by atomic mass is 32.1. The van der Waals surface area contributed by atoms with E-state index in [1.54, 1.807) is 11.3 Å². The number of aliphatic hydroxyl groups excluding tert-OH is 1. The highest BCUT2D eigenvalue weighted by Crippen LogP contribution is 2.24. The van der Waals surface area contributed by atoms with E-state index in [1.165, 1.54) is 10.4 Å². The Labute approximate surface area is 124 Å². The number of aliphatic hydroxyl groups is 1. The highest BCUT2D eigenvalue weighted by Gasteiger charge is 2.23. The Morgan fingerprint density at radius 3 is 2.95 bits per heavy atom. The topological polar surface area (TPSA) is 43.8 Å². The number of carbonyl (C=O) groups is 1. The number of likely N-dealkylation sites (tertiary alicyclic amines) is 1. The van der Waals surface area contributed by atoms with Gasteiger partial charge in [0.05, 0.1) is 6.10 Å². The summed E-state index contributed by atoms with van der Waals surface area (Å²) in [5.74, 6) is 0.271. The summed E-state index contributed by atoms with van der Waals surface area (Å²) in [6, 6.07) is 2.14. The molecule has 1 N–H and O–H groups in total. The molecule has 0 aliphatic carbocycles. The number of nitrogens with zero attached hydrogens (tertiary/aromatic N) is 2. The zero-order valence-electron chi connectivity index (χ0n) is 11.8. The summed E-state index contributed by atoms with van der Waals surface area (Å²) in [6.45, 7) is 4.33. The molecule has 110 valence electrons. The quantitative estimate of drug-likeness (QED) is 0.918. The van der Waals surface area contributed by atoms with Crippen molar-refractivity contribution >= 4 is 17.2 Å². The van der Waals surface area contributed by atoms with Gasteiger partial charge in [0.25, 0.3) is 0 Å². The third-order valence-electron chi connectivity index (χ3n) is 4.36. The number of amides is 1. The van der Waals surface area contributed by atoms with Crippen LogP contribution in [0.15, 0.2) is 11.4 Å². The smallest absolute Gasteiger partial charge is 0.224 e. The van der Waals surface area contributed by atoms with Crippen LogP contribution in [0.2, 0.25) is 0 Å². The van der Waals surface area contributed by atoms with Crippen LogP contribution < -0.4 is 0 Å². The molecule has 3 rings (SSSR count). The molecule has 0 spiro atoms. The first-order chi connectivity index (χ1) is 9.72. The van der Waals surface area contributed by atoms with Gasteiger partial charge >= 0.3 is 0 Å². The van der Waals surface area contributed by atoms with Gasteiger partial charge in [-0.3, -0.25) is 4.79 Å². The summed E-state index contributed by atoms with van der Waals surface area (Å²) in [6.07, 6.45) is 3.16. The fourth-order valence-electron chi connectivity index (χ4n) is 3.02. The summed E-state index contributed by atoms with van der Waals surface area (Å²) >= 11 is 1.81. The Balaban J connectivity index is 1.46. The molecule has 2 aliphatic rings. The average Bonchev–Trinajstić information content (AvgIpc) is 2.93. The molecule has 0 unspecified atom stereocenters. The van der Waals surface area contributed by atoms with Crippen LogP contribution in [0.1, 0.15) is 29.7 Å². The van der Waals surface area contributed by atoms with Crippen LogP contribution in [0.25, 0.3) is 0 Å². The van der Waals surface area contributed by atoms with Crippen LogP contribution in [-0.4, -0.2) is 53.1 Å². The van der Waals surface area contributed by atoms with E-state index in [4.69, 9.17) is 0 Å². The molecule has 1 amide bonds. The van der Waals surface area contributed by atoms with Crippen molar-refractivity contribution in [3.8, 4) is 0 Å². The molecule has 3 heterocycles. The number of hydrogen-bond acceptors (Lipinski definition) is 4. The van der Waals surface area contributed by atoms with Gasteiger partial charge in [0.15, 0.2) is 0 Å². The van der Waals surface area contributed by atoms with Crippen LogP contribution in [-0.2, 0) is 17.8 Å². The Morgan fingerprint density at radius 2 is 2.15 bits per heavy atom. The van der Waals surface area contributed by atoms with E-state index in [0.717, 1.165) is 52.0 Å². The fourth-order valence-corrected chi connectivity index (χ4v) is 3.91. The lowest BCUT2D eigenvalue weighted by atomic mass is 10.1. The number of thiophene rings is 1. The predicted molar refractivity (Wildman–Crippen MR) is 79.7 cm³/mol. The first kappa shape index (κ1) is 14.0. The molecule has 0 atom stereocenters. The lowest BCUT2D eigenvalue weighted by molar-refractivity contribution is -0.132. The lowest BCUT2D eigenvalue weighted by Crippen LogP contribution is -2.40. The first-order valence-electron chi connectivity index (χ1n) is 7.46. The van der Waals surface area contributed by atoms with Crippen molar-refractivity contribution in [3.05, 3.63) is 21.9 Å². The lowest BCUT2D eigenvalue weighted by Gasteiger charge is -2.31. The third kappa shape index (κ3) is 3.22. The van der Waals surface area contributed by atoms with Crippen LogP contribution in [0.3, 0.4) is 0 Å². The Morgan fingerprint density at radius 1 is 1.35 bits per heavy atom. The van der Waals surface area contributed by atoms with E-state index in [1.807, 2.05) is 4.90 Å². The van der Waals surface area contributed by atoms with Gasteiger partial charge in [0, 0.05) is 44.0 Å². The minimum absolute atomic E-state index is 0.138. The Hall–Kier alpha value is -0.910. The summed E-state index contributed by atoms with van der Waals surface area (Å²) < 4.78 is 0. The van der Waals surface area contributed by atoms with Gasteiger partial charge in [-0.1, -0.05) is 0 Å². The summed E-state index contributed by atoms with van der Waals surface area (Å²) in [5.41, 5.74) is 1.33. The van der Waals surface area contributed by atoms with Gasteiger partial charge in [-0.05, 0) is 36.3 Å². The van der Waals surface area contributed by atoms with Crippen molar-refractivity contribution in [3.63, 3.8) is 0 Å². The second kappa shape index (κ2) is 6.24. The standard InChI is InChI=1S/C15H22N2O2S/c18-13-1-6-16(7-2-13)8-4-15(19)17-9-3-14-12(11-17)5-10-20-14/h5,10,13,18H,1-4,6-9,11H2. The fraction of sp³-hybridized carbons (Fsp3) is 0.667. The molecule has 1 saturated heterocycles. The molecular formula is C15H22N2O2S. The molecule has 1 aromatic rings. The number of hydrogen-bond donors (Lipinski definition) is 1. The van der Waals surface area contributed by atoms with Gasteiger partial charge in [0.2, 0.25) is 5.91 Å². The molecule has 0 aromatic carbocycles. The first-order valence-corrected chi connectivity index (χ1v) is 8.34. The number of rotatable bonds is 3. The largest absolute Gasteiger partial charge is 0.393 e. The van der Waals surface area contributed by atoms with Gasteiger partial charge in [0.1, 0.15) is 0 Å². The molecular weight excluding hydrogens is 272 g/mol. The molecule has 1 aromatic heterocycles. The van der Waals surface area contributed by atoms with E-state index in [-0.39, 0.29) is 12.0 Å². The van der Waals surface area contributed by atoms with Crippen molar-refractivity contribution in [2.45, 2.75) is 38.3 Å². The van der Waals surface area contributed by atoms with Gasteiger partial charge in [-0.2, -0.15) is 0 Å². The van der Waals surface area contributed by atoms with Crippen molar-refractivity contribution in [1.82, 2.24) is 9.80 Å². The maximum atomic E-state index is 12.3. The molecule has 2 aliphatic heterocycles. The number of carbonyl (C=O) groups excluding carboxylic acids is 1. The minimum Gasteiger partial charge on any atom is -0.393 e. The molecule has 0 radical (unpaired) electrons. The normalized spacial score (nSPS) is 20.9. The van der Waals surface area contributed by atoms with Crippen LogP contribution in [0, 0.1) is 0 Å². The summed E-state index contributed by atoms with van der Waals surface area (Å²) in [5, 5.41) is 11.6. The molecule has 0 bridgehead atoms. The predicted octanol–water partition coefficient (Wildman–Crippen LogP) is 1.48. The average molecular weight is 294 g/mol. The molecule has 4 nitrogen and oxygen atoms in total. The van der Waals surface area contributed by atoms with Crippen molar-refractivity contribution in [2.75, 3.05) is 26.2 Å². The van der Waals surface area contributed by atoms with Crippen LogP contribution >= 0.6 is 11.3 Å². The van der Waals surface area contributed by atoms with E-state index < -0.39 is 0 Å². The third-order valence-corrected chi connectivity index (χ3v) is 5.38. The SMILES string of the molecule is O=C(CCN1CCC(O)CC1)N1CCc2sccc2C1. The van der Waals surface area contributed by atoms with E-state index in [2.05, 4.69) is 16.3 Å². The Kier molecular flexibility index (Phi) is 4.38. The molecule has 1 fully saturated rings. The summed E-state index contributed by atoms with van der Waals surface area (Å²) in [4.78, 5) is 18.0. The minimum atomic E-state index is -0.138. The van der Waals surface area contributed by atoms with Gasteiger partial charge in [-0.15, -0.1) is 11.3 Å². The summed E-state index contributed by atoms with van der Waals surface area (Å²) in [7, 11) is 0. The van der Waals surface area contributed by atoms with Crippen molar-refractivity contribution in [2.24, 2.45) is 0 Å².